The molecule has 0 aliphatic rings. The summed E-state index contributed by atoms with van der Waals surface area (Å²) < 4.78 is 0. The maximum Gasteiger partial charge on any atom is 0.312 e. The van der Waals surface area contributed by atoms with E-state index in [0.29, 0.717) is 0 Å². The largest absolute Gasteiger partial charge is 0.481 e. The zero-order chi connectivity index (χ0) is 14.8. The molecule has 0 bridgehead atoms. The zero-order valence-electron chi connectivity index (χ0n) is 10.4. The Balaban J connectivity index is 4.14. The van der Waals surface area contributed by atoms with E-state index in [4.69, 9.17) is 16.6 Å². The normalized spacial score (nSPS) is 9.74. The van der Waals surface area contributed by atoms with Gasteiger partial charge in [-0.2, -0.15) is 0 Å². The minimum Gasteiger partial charge on any atom is -0.481 e. The van der Waals surface area contributed by atoms with Crippen molar-refractivity contribution in [1.82, 2.24) is 10.2 Å². The maximum absolute atomic E-state index is 11.6. The highest BCUT2D eigenvalue weighted by Crippen LogP contribution is 1.93. The standard InChI is InChI=1S/C10H18N4O5/c11-1-3-14(9(17)5-7(12)15)4-2-13-8(16)6-10(18)19/h1-6,11H2,(H2,12,15)(H,13,16)(H,18,19). The maximum atomic E-state index is 11.6. The minimum atomic E-state index is -1.24. The van der Waals surface area contributed by atoms with Crippen LogP contribution in [0.1, 0.15) is 12.8 Å². The van der Waals surface area contributed by atoms with Crippen LogP contribution in [0.3, 0.4) is 0 Å². The van der Waals surface area contributed by atoms with E-state index in [2.05, 4.69) is 5.32 Å². The molecule has 0 spiro atoms. The highest BCUT2D eigenvalue weighted by Gasteiger charge is 2.15. The molecule has 0 saturated carbocycles. The van der Waals surface area contributed by atoms with E-state index in [9.17, 15) is 19.2 Å². The molecule has 0 aromatic rings. The third-order valence-corrected chi connectivity index (χ3v) is 2.09. The number of carbonyl (C=O) groups is 4. The third-order valence-electron chi connectivity index (χ3n) is 2.09. The van der Waals surface area contributed by atoms with Gasteiger partial charge in [-0.25, -0.2) is 0 Å². The third kappa shape index (κ3) is 8.55. The van der Waals surface area contributed by atoms with Gasteiger partial charge in [-0.15, -0.1) is 0 Å². The van der Waals surface area contributed by atoms with Crippen molar-refractivity contribution >= 4 is 23.7 Å². The zero-order valence-corrected chi connectivity index (χ0v) is 10.4. The molecule has 19 heavy (non-hydrogen) atoms. The number of carbonyl (C=O) groups excluding carboxylic acids is 3. The number of hydrogen-bond acceptors (Lipinski definition) is 5. The van der Waals surface area contributed by atoms with E-state index in [1.807, 2.05) is 0 Å². The molecule has 0 aromatic carbocycles. The summed E-state index contributed by atoms with van der Waals surface area (Å²) in [5.74, 6) is -3.11. The number of carboxylic acid groups (broad SMARTS) is 1. The molecule has 108 valence electrons. The summed E-state index contributed by atoms with van der Waals surface area (Å²) in [5.41, 5.74) is 10.2. The molecular formula is C10H18N4O5. The van der Waals surface area contributed by atoms with Crippen LogP contribution in [-0.4, -0.2) is 59.9 Å². The van der Waals surface area contributed by atoms with Gasteiger partial charge in [0.1, 0.15) is 12.8 Å². The van der Waals surface area contributed by atoms with Crippen LogP contribution in [0.5, 0.6) is 0 Å². The summed E-state index contributed by atoms with van der Waals surface area (Å²) in [5, 5.41) is 10.7. The van der Waals surface area contributed by atoms with E-state index in [1.54, 1.807) is 0 Å². The number of nitrogens with one attached hydrogen (secondary N) is 1. The molecule has 0 radical (unpaired) electrons. The van der Waals surface area contributed by atoms with Gasteiger partial charge in [0.25, 0.3) is 0 Å². The molecule has 0 aliphatic heterocycles. The van der Waals surface area contributed by atoms with Gasteiger partial charge < -0.3 is 26.8 Å². The van der Waals surface area contributed by atoms with Crippen molar-refractivity contribution in [3.8, 4) is 0 Å². The molecule has 6 N–H and O–H groups in total. The van der Waals surface area contributed by atoms with Crippen LogP contribution in [0.4, 0.5) is 0 Å². The molecule has 0 fully saturated rings. The molecule has 0 atom stereocenters. The topological polar surface area (TPSA) is 156 Å². The lowest BCUT2D eigenvalue weighted by Crippen LogP contribution is -2.42. The Morgan fingerprint density at radius 1 is 1.11 bits per heavy atom. The number of primary amides is 1. The van der Waals surface area contributed by atoms with Gasteiger partial charge in [-0.05, 0) is 0 Å². The smallest absolute Gasteiger partial charge is 0.312 e. The Hall–Kier alpha value is -2.16. The van der Waals surface area contributed by atoms with Gasteiger partial charge in [-0.1, -0.05) is 0 Å². The molecule has 0 aliphatic carbocycles. The fourth-order valence-electron chi connectivity index (χ4n) is 1.31. The fraction of sp³-hybridized carbons (Fsp3) is 0.600. The van der Waals surface area contributed by atoms with E-state index >= 15 is 0 Å². The molecule has 0 unspecified atom stereocenters. The summed E-state index contributed by atoms with van der Waals surface area (Å²) in [6, 6.07) is 0. The summed E-state index contributed by atoms with van der Waals surface area (Å²) in [6.45, 7) is 0.639. The number of carboxylic acids is 1. The van der Waals surface area contributed by atoms with Crippen LogP contribution in [0.2, 0.25) is 0 Å². The lowest BCUT2D eigenvalue weighted by atomic mass is 10.3. The van der Waals surface area contributed by atoms with Crippen LogP contribution >= 0.6 is 0 Å². The molecule has 9 heteroatoms. The first kappa shape index (κ1) is 16.8. The molecule has 3 amide bonds. The van der Waals surface area contributed by atoms with Gasteiger partial charge in [0.15, 0.2) is 0 Å². The first-order valence-corrected chi connectivity index (χ1v) is 5.61. The fourth-order valence-corrected chi connectivity index (χ4v) is 1.31. The molecule has 0 aromatic heterocycles. The van der Waals surface area contributed by atoms with E-state index in [1.165, 1.54) is 4.90 Å². The van der Waals surface area contributed by atoms with Gasteiger partial charge >= 0.3 is 5.97 Å². The molecular weight excluding hydrogens is 256 g/mol. The molecule has 9 nitrogen and oxygen atoms in total. The van der Waals surface area contributed by atoms with Gasteiger partial charge in [0.05, 0.1) is 0 Å². The van der Waals surface area contributed by atoms with Crippen molar-refractivity contribution in [2.75, 3.05) is 26.2 Å². The van der Waals surface area contributed by atoms with Crippen LogP contribution in [-0.2, 0) is 19.2 Å². The van der Waals surface area contributed by atoms with Gasteiger partial charge in [0.2, 0.25) is 17.7 Å². The Labute approximate surface area is 109 Å². The number of amides is 3. The van der Waals surface area contributed by atoms with Crippen LogP contribution < -0.4 is 16.8 Å². The Kier molecular flexibility index (Phi) is 7.85. The lowest BCUT2D eigenvalue weighted by Gasteiger charge is -2.21. The predicted octanol–water partition coefficient (Wildman–Crippen LogP) is -2.76. The van der Waals surface area contributed by atoms with Gasteiger partial charge in [-0.3, -0.25) is 19.2 Å². The first-order valence-electron chi connectivity index (χ1n) is 5.61. The summed E-state index contributed by atoms with van der Waals surface area (Å²) in [6.07, 6.45) is -1.06. The quantitative estimate of drug-likeness (QED) is 0.334. The van der Waals surface area contributed by atoms with Gasteiger partial charge in [0, 0.05) is 26.2 Å². The van der Waals surface area contributed by atoms with E-state index in [-0.39, 0.29) is 26.2 Å². The van der Waals surface area contributed by atoms with Crippen LogP contribution in [0.15, 0.2) is 0 Å². The Morgan fingerprint density at radius 3 is 2.21 bits per heavy atom. The molecule has 0 heterocycles. The Morgan fingerprint density at radius 2 is 1.74 bits per heavy atom. The summed E-state index contributed by atoms with van der Waals surface area (Å²) >= 11 is 0. The predicted molar refractivity (Wildman–Crippen MR) is 64.7 cm³/mol. The van der Waals surface area contributed by atoms with Crippen LogP contribution in [0.25, 0.3) is 0 Å². The molecule has 0 rings (SSSR count). The van der Waals surface area contributed by atoms with Crippen molar-refractivity contribution in [2.24, 2.45) is 11.5 Å². The number of nitrogens with two attached hydrogens (primary N) is 2. The second-order valence-electron chi connectivity index (χ2n) is 3.73. The SMILES string of the molecule is NCCN(CCNC(=O)CC(=O)O)C(=O)CC(N)=O. The van der Waals surface area contributed by atoms with Crippen LogP contribution in [0, 0.1) is 0 Å². The number of nitrogens with zero attached hydrogens (tertiary/aromatic N) is 1. The summed E-state index contributed by atoms with van der Waals surface area (Å²) in [4.78, 5) is 44.8. The number of rotatable bonds is 9. The average Bonchev–Trinajstić information content (AvgIpc) is 2.25. The molecule has 0 saturated heterocycles. The minimum absolute atomic E-state index is 0.0800. The van der Waals surface area contributed by atoms with Crippen molar-refractivity contribution in [3.05, 3.63) is 0 Å². The Bertz CT molecular complexity index is 358. The first-order chi connectivity index (χ1) is 8.86. The monoisotopic (exact) mass is 274 g/mol. The van der Waals surface area contributed by atoms with Crippen molar-refractivity contribution in [1.29, 1.82) is 0 Å². The summed E-state index contributed by atoms with van der Waals surface area (Å²) in [7, 11) is 0. The van der Waals surface area contributed by atoms with E-state index in [0.717, 1.165) is 0 Å². The number of aliphatic carboxylic acids is 1. The lowest BCUT2D eigenvalue weighted by molar-refractivity contribution is -0.141. The van der Waals surface area contributed by atoms with Crippen molar-refractivity contribution in [2.45, 2.75) is 12.8 Å². The number of hydrogen-bond donors (Lipinski definition) is 4. The van der Waals surface area contributed by atoms with Crippen molar-refractivity contribution in [3.63, 3.8) is 0 Å². The average molecular weight is 274 g/mol. The highest BCUT2D eigenvalue weighted by molar-refractivity contribution is 5.96. The van der Waals surface area contributed by atoms with Crippen molar-refractivity contribution < 1.29 is 24.3 Å². The second-order valence-corrected chi connectivity index (χ2v) is 3.73. The highest BCUT2D eigenvalue weighted by atomic mass is 16.4. The van der Waals surface area contributed by atoms with E-state index < -0.39 is 36.5 Å². The second kappa shape index (κ2) is 8.86.